The Morgan fingerprint density at radius 2 is 1.78 bits per heavy atom. The van der Waals surface area contributed by atoms with Gasteiger partial charge in [0, 0.05) is 24.2 Å². The van der Waals surface area contributed by atoms with Crippen LogP contribution >= 0.6 is 0 Å². The van der Waals surface area contributed by atoms with Gasteiger partial charge in [-0.25, -0.2) is 0 Å². The fraction of sp³-hybridized carbons (Fsp3) is 0.450. The standard InChI is InChI=1S/C20H26N2O/c1-15(20(23)22(2)17-11-4-3-5-12-17)21-19-14-8-10-16-9-6-7-13-18(16)19/h6-10,13-15,17,21H,3-5,11-12H2,1-2H3/t15-/m1/s1. The predicted octanol–water partition coefficient (Wildman–Crippen LogP) is 4.43. The Hall–Kier alpha value is -2.03. The van der Waals surface area contributed by atoms with E-state index in [0.717, 1.165) is 23.9 Å². The quantitative estimate of drug-likeness (QED) is 0.906. The molecule has 0 unspecified atom stereocenters. The Labute approximate surface area is 138 Å². The average Bonchev–Trinajstić information content (AvgIpc) is 2.61. The molecule has 3 rings (SSSR count). The molecule has 1 aliphatic carbocycles. The van der Waals surface area contributed by atoms with Crippen molar-refractivity contribution in [2.75, 3.05) is 12.4 Å². The third-order valence-electron chi connectivity index (χ3n) is 5.00. The predicted molar refractivity (Wildman–Crippen MR) is 96.7 cm³/mol. The van der Waals surface area contributed by atoms with E-state index in [-0.39, 0.29) is 11.9 Å². The number of hydrogen-bond acceptors (Lipinski definition) is 2. The first-order valence-corrected chi connectivity index (χ1v) is 8.68. The molecule has 1 N–H and O–H groups in total. The van der Waals surface area contributed by atoms with E-state index in [9.17, 15) is 4.79 Å². The van der Waals surface area contributed by atoms with E-state index in [2.05, 4.69) is 23.5 Å². The zero-order valence-corrected chi connectivity index (χ0v) is 14.1. The topological polar surface area (TPSA) is 32.3 Å². The molecule has 1 atom stereocenters. The van der Waals surface area contributed by atoms with Crippen molar-refractivity contribution >= 4 is 22.4 Å². The number of carbonyl (C=O) groups is 1. The molecule has 122 valence electrons. The highest BCUT2D eigenvalue weighted by molar-refractivity contribution is 5.95. The van der Waals surface area contributed by atoms with Gasteiger partial charge in [-0.2, -0.15) is 0 Å². The van der Waals surface area contributed by atoms with Gasteiger partial charge in [-0.05, 0) is 31.2 Å². The van der Waals surface area contributed by atoms with Gasteiger partial charge in [0.25, 0.3) is 0 Å². The first kappa shape index (κ1) is 15.9. The second kappa shape index (κ2) is 7.03. The molecule has 0 spiro atoms. The summed E-state index contributed by atoms with van der Waals surface area (Å²) in [4.78, 5) is 14.7. The summed E-state index contributed by atoms with van der Waals surface area (Å²) in [6, 6.07) is 14.6. The summed E-state index contributed by atoms with van der Waals surface area (Å²) in [7, 11) is 1.96. The maximum Gasteiger partial charge on any atom is 0.244 e. The van der Waals surface area contributed by atoms with Crippen molar-refractivity contribution in [2.24, 2.45) is 0 Å². The fourth-order valence-corrected chi connectivity index (χ4v) is 3.60. The molecule has 0 saturated heterocycles. The minimum atomic E-state index is -0.215. The van der Waals surface area contributed by atoms with E-state index in [1.807, 2.05) is 43.1 Å². The summed E-state index contributed by atoms with van der Waals surface area (Å²) in [5, 5.41) is 5.77. The number of nitrogens with one attached hydrogen (secondary N) is 1. The minimum absolute atomic E-state index is 0.185. The van der Waals surface area contributed by atoms with Crippen LogP contribution in [-0.4, -0.2) is 29.9 Å². The Morgan fingerprint density at radius 3 is 2.57 bits per heavy atom. The van der Waals surface area contributed by atoms with Gasteiger partial charge in [0.2, 0.25) is 5.91 Å². The largest absolute Gasteiger partial charge is 0.373 e. The van der Waals surface area contributed by atoms with Crippen LogP contribution in [0, 0.1) is 0 Å². The third kappa shape index (κ3) is 3.49. The van der Waals surface area contributed by atoms with Crippen LogP contribution in [0.2, 0.25) is 0 Å². The molecule has 3 heteroatoms. The Kier molecular flexibility index (Phi) is 4.85. The lowest BCUT2D eigenvalue weighted by atomic mass is 9.94. The Morgan fingerprint density at radius 1 is 1.09 bits per heavy atom. The number of hydrogen-bond donors (Lipinski definition) is 1. The summed E-state index contributed by atoms with van der Waals surface area (Å²) in [5.41, 5.74) is 1.03. The van der Waals surface area contributed by atoms with Crippen molar-refractivity contribution in [3.8, 4) is 0 Å². The second-order valence-electron chi connectivity index (χ2n) is 6.63. The molecule has 0 radical (unpaired) electrons. The number of nitrogens with zero attached hydrogens (tertiary/aromatic N) is 1. The smallest absolute Gasteiger partial charge is 0.244 e. The number of amides is 1. The van der Waals surface area contributed by atoms with Gasteiger partial charge in [-0.1, -0.05) is 55.7 Å². The van der Waals surface area contributed by atoms with Crippen molar-refractivity contribution in [1.29, 1.82) is 0 Å². The van der Waals surface area contributed by atoms with E-state index in [1.165, 1.54) is 24.6 Å². The molecule has 23 heavy (non-hydrogen) atoms. The van der Waals surface area contributed by atoms with Crippen LogP contribution in [-0.2, 0) is 4.79 Å². The number of anilines is 1. The van der Waals surface area contributed by atoms with Gasteiger partial charge in [0.05, 0.1) is 0 Å². The van der Waals surface area contributed by atoms with Crippen LogP contribution in [0.1, 0.15) is 39.0 Å². The molecular weight excluding hydrogens is 284 g/mol. The van der Waals surface area contributed by atoms with Crippen molar-refractivity contribution in [3.05, 3.63) is 42.5 Å². The minimum Gasteiger partial charge on any atom is -0.373 e. The van der Waals surface area contributed by atoms with E-state index < -0.39 is 0 Å². The number of fused-ring (bicyclic) bond motifs is 1. The summed E-state index contributed by atoms with van der Waals surface area (Å²) < 4.78 is 0. The monoisotopic (exact) mass is 310 g/mol. The van der Waals surface area contributed by atoms with Crippen molar-refractivity contribution in [1.82, 2.24) is 4.90 Å². The highest BCUT2D eigenvalue weighted by Crippen LogP contribution is 2.25. The zero-order valence-electron chi connectivity index (χ0n) is 14.1. The molecule has 2 aromatic rings. The SMILES string of the molecule is C[C@@H](Nc1cccc2ccccc12)C(=O)N(C)C1CCCCC1. The van der Waals surface area contributed by atoms with E-state index in [0.29, 0.717) is 6.04 Å². The molecular formula is C20H26N2O. The molecule has 0 aliphatic heterocycles. The molecule has 3 nitrogen and oxygen atoms in total. The van der Waals surface area contributed by atoms with Crippen molar-refractivity contribution < 1.29 is 4.79 Å². The summed E-state index contributed by atoms with van der Waals surface area (Å²) in [6.45, 7) is 1.96. The van der Waals surface area contributed by atoms with Gasteiger partial charge in [-0.3, -0.25) is 4.79 Å². The highest BCUT2D eigenvalue weighted by Gasteiger charge is 2.25. The molecule has 1 aliphatic rings. The molecule has 0 bridgehead atoms. The zero-order chi connectivity index (χ0) is 16.2. The maximum absolute atomic E-state index is 12.7. The molecule has 0 aromatic heterocycles. The molecule has 2 aromatic carbocycles. The highest BCUT2D eigenvalue weighted by atomic mass is 16.2. The summed E-state index contributed by atoms with van der Waals surface area (Å²) >= 11 is 0. The Bertz CT molecular complexity index is 671. The lowest BCUT2D eigenvalue weighted by molar-refractivity contribution is -0.133. The molecule has 0 heterocycles. The molecule has 1 fully saturated rings. The average molecular weight is 310 g/mol. The third-order valence-corrected chi connectivity index (χ3v) is 5.00. The number of likely N-dealkylation sites (N-methyl/N-ethyl adjacent to an activating group) is 1. The van der Waals surface area contributed by atoms with Crippen molar-refractivity contribution in [2.45, 2.75) is 51.1 Å². The van der Waals surface area contributed by atoms with Crippen LogP contribution in [0.15, 0.2) is 42.5 Å². The van der Waals surface area contributed by atoms with Gasteiger partial charge in [0.15, 0.2) is 0 Å². The van der Waals surface area contributed by atoms with E-state index >= 15 is 0 Å². The number of rotatable bonds is 4. The lowest BCUT2D eigenvalue weighted by Crippen LogP contribution is -2.45. The van der Waals surface area contributed by atoms with Crippen LogP contribution in [0.3, 0.4) is 0 Å². The number of benzene rings is 2. The van der Waals surface area contributed by atoms with Crippen LogP contribution < -0.4 is 5.32 Å². The van der Waals surface area contributed by atoms with E-state index in [4.69, 9.17) is 0 Å². The van der Waals surface area contributed by atoms with Crippen LogP contribution in [0.5, 0.6) is 0 Å². The number of carbonyl (C=O) groups excluding carboxylic acids is 1. The Balaban J connectivity index is 1.72. The van der Waals surface area contributed by atoms with E-state index in [1.54, 1.807) is 0 Å². The fourth-order valence-electron chi connectivity index (χ4n) is 3.60. The molecule has 1 amide bonds. The summed E-state index contributed by atoms with van der Waals surface area (Å²) in [6.07, 6.45) is 6.08. The van der Waals surface area contributed by atoms with Gasteiger partial charge < -0.3 is 10.2 Å². The maximum atomic E-state index is 12.7. The first-order chi connectivity index (χ1) is 11.2. The second-order valence-corrected chi connectivity index (χ2v) is 6.63. The lowest BCUT2D eigenvalue weighted by Gasteiger charge is -2.33. The van der Waals surface area contributed by atoms with Gasteiger partial charge in [0.1, 0.15) is 6.04 Å². The summed E-state index contributed by atoms with van der Waals surface area (Å²) in [5.74, 6) is 0.185. The van der Waals surface area contributed by atoms with Gasteiger partial charge >= 0.3 is 0 Å². The van der Waals surface area contributed by atoms with Crippen LogP contribution in [0.4, 0.5) is 5.69 Å². The van der Waals surface area contributed by atoms with Crippen LogP contribution in [0.25, 0.3) is 10.8 Å². The molecule has 1 saturated carbocycles. The van der Waals surface area contributed by atoms with Crippen molar-refractivity contribution in [3.63, 3.8) is 0 Å². The first-order valence-electron chi connectivity index (χ1n) is 8.68. The van der Waals surface area contributed by atoms with Gasteiger partial charge in [-0.15, -0.1) is 0 Å². The normalized spacial score (nSPS) is 17.0.